The van der Waals surface area contributed by atoms with Crippen LogP contribution in [0.1, 0.15) is 41.0 Å². The number of nitrogens with one attached hydrogen (secondary N) is 2. The molecule has 0 bridgehead atoms. The summed E-state index contributed by atoms with van der Waals surface area (Å²) in [5.74, 6) is -1.46. The van der Waals surface area contributed by atoms with Crippen molar-refractivity contribution in [3.63, 3.8) is 0 Å². The van der Waals surface area contributed by atoms with E-state index in [1.807, 2.05) is 32.0 Å². The van der Waals surface area contributed by atoms with Gasteiger partial charge in [0, 0.05) is 35.3 Å². The van der Waals surface area contributed by atoms with Gasteiger partial charge in [0.2, 0.25) is 5.91 Å². The molecule has 0 saturated heterocycles. The minimum Gasteiger partial charge on any atom is -0.454 e. The summed E-state index contributed by atoms with van der Waals surface area (Å²) < 4.78 is 33.5. The number of rotatable bonds is 10. The van der Waals surface area contributed by atoms with Gasteiger partial charge in [-0.2, -0.15) is 0 Å². The Hall–Kier alpha value is -5.18. The molecule has 0 unspecified atom stereocenters. The number of aromatic nitrogens is 1. The van der Waals surface area contributed by atoms with Gasteiger partial charge in [-0.1, -0.05) is 35.9 Å². The van der Waals surface area contributed by atoms with Gasteiger partial charge in [0.15, 0.2) is 17.3 Å². The average Bonchev–Trinajstić information content (AvgIpc) is 2.94. The van der Waals surface area contributed by atoms with E-state index < -0.39 is 23.6 Å². The van der Waals surface area contributed by atoms with Gasteiger partial charge in [-0.3, -0.25) is 19.9 Å². The van der Waals surface area contributed by atoms with Gasteiger partial charge >= 0.3 is 6.03 Å². The van der Waals surface area contributed by atoms with Crippen molar-refractivity contribution in [3.8, 4) is 11.5 Å². The molecular formula is C33H29F2N3O4. The lowest BCUT2D eigenvalue weighted by molar-refractivity contribution is -0.119. The number of pyridine rings is 1. The zero-order chi connectivity index (χ0) is 30.1. The summed E-state index contributed by atoms with van der Waals surface area (Å²) >= 11 is 0. The number of aryl methyl sites for hydroxylation is 2. The fourth-order valence-corrected chi connectivity index (χ4v) is 4.06. The Morgan fingerprint density at radius 1 is 0.881 bits per heavy atom. The van der Waals surface area contributed by atoms with Crippen molar-refractivity contribution < 1.29 is 27.9 Å². The normalized spacial score (nSPS) is 10.5. The molecule has 7 nitrogen and oxygen atoms in total. The molecule has 0 saturated carbocycles. The maximum Gasteiger partial charge on any atom is 0.325 e. The molecule has 0 aliphatic rings. The van der Waals surface area contributed by atoms with E-state index in [2.05, 4.69) is 15.6 Å². The Morgan fingerprint density at radius 3 is 2.40 bits per heavy atom. The van der Waals surface area contributed by atoms with Crippen molar-refractivity contribution in [2.24, 2.45) is 0 Å². The number of ketones is 1. The number of benzene rings is 3. The molecule has 42 heavy (non-hydrogen) atoms. The van der Waals surface area contributed by atoms with E-state index in [0.717, 1.165) is 22.9 Å². The lowest BCUT2D eigenvalue weighted by Gasteiger charge is -2.11. The molecular weight excluding hydrogens is 540 g/mol. The number of allylic oxidation sites excluding steroid dienone is 2. The molecule has 0 fully saturated rings. The van der Waals surface area contributed by atoms with E-state index in [1.54, 1.807) is 30.5 Å². The van der Waals surface area contributed by atoms with Crippen LogP contribution in [-0.4, -0.2) is 22.7 Å². The van der Waals surface area contributed by atoms with Gasteiger partial charge in [-0.25, -0.2) is 13.6 Å². The molecule has 0 aliphatic carbocycles. The highest BCUT2D eigenvalue weighted by molar-refractivity contribution is 6.05. The smallest absolute Gasteiger partial charge is 0.325 e. The van der Waals surface area contributed by atoms with E-state index in [-0.39, 0.29) is 23.6 Å². The highest BCUT2D eigenvalue weighted by atomic mass is 19.1. The summed E-state index contributed by atoms with van der Waals surface area (Å²) in [6.45, 7) is 3.76. The molecule has 3 amide bonds. The first kappa shape index (κ1) is 29.8. The van der Waals surface area contributed by atoms with Crippen molar-refractivity contribution in [2.45, 2.75) is 33.1 Å². The second-order valence-corrected chi connectivity index (χ2v) is 9.82. The van der Waals surface area contributed by atoms with Gasteiger partial charge < -0.3 is 10.1 Å². The fourth-order valence-electron chi connectivity index (χ4n) is 4.06. The first-order chi connectivity index (χ1) is 20.1. The fraction of sp³-hybridized carbons (Fsp3) is 0.152. The summed E-state index contributed by atoms with van der Waals surface area (Å²) in [5, 5.41) is 4.55. The number of imide groups is 1. The Morgan fingerprint density at radius 2 is 1.67 bits per heavy atom. The van der Waals surface area contributed by atoms with Crippen LogP contribution in [0, 0.1) is 11.6 Å². The summed E-state index contributed by atoms with van der Waals surface area (Å²) in [6.07, 6.45) is 4.29. The topological polar surface area (TPSA) is 97.4 Å². The van der Waals surface area contributed by atoms with Crippen molar-refractivity contribution in [1.82, 2.24) is 10.3 Å². The van der Waals surface area contributed by atoms with E-state index >= 15 is 0 Å². The monoisotopic (exact) mass is 569 g/mol. The van der Waals surface area contributed by atoms with Crippen LogP contribution in [-0.2, 0) is 24.1 Å². The standard InChI is InChI=1S/C33H29F2N3O4/c1-21(2)16-30(39)24-5-3-4-22(17-24)8-11-26-19-28(14-15-36-26)42-31-13-12-27(20-29(31)35)37-33(41)38-32(40)18-23-6-9-25(34)10-7-23/h3-7,9-10,12-17,19-20H,8,11,18H2,1-2H3,(H2,37,38,40,41). The number of halogens is 2. The van der Waals surface area contributed by atoms with E-state index in [1.165, 1.54) is 36.4 Å². The summed E-state index contributed by atoms with van der Waals surface area (Å²) in [4.78, 5) is 40.9. The van der Waals surface area contributed by atoms with Crippen molar-refractivity contribution in [3.05, 3.63) is 131 Å². The number of amides is 3. The highest BCUT2D eigenvalue weighted by Crippen LogP contribution is 2.27. The molecule has 0 aliphatic heterocycles. The van der Waals surface area contributed by atoms with Gasteiger partial charge in [0.05, 0.1) is 6.42 Å². The van der Waals surface area contributed by atoms with Gasteiger partial charge in [0.25, 0.3) is 0 Å². The third-order valence-corrected chi connectivity index (χ3v) is 6.04. The van der Waals surface area contributed by atoms with Crippen LogP contribution in [0.4, 0.5) is 19.3 Å². The maximum absolute atomic E-state index is 14.8. The number of urea groups is 1. The third kappa shape index (κ3) is 8.92. The average molecular weight is 570 g/mol. The second kappa shape index (κ2) is 13.9. The molecule has 0 spiro atoms. The van der Waals surface area contributed by atoms with Gasteiger partial charge in [-0.05, 0) is 80.3 Å². The second-order valence-electron chi connectivity index (χ2n) is 9.82. The Kier molecular flexibility index (Phi) is 9.89. The van der Waals surface area contributed by atoms with E-state index in [9.17, 15) is 23.2 Å². The number of carbonyl (C=O) groups is 3. The van der Waals surface area contributed by atoms with Crippen LogP contribution >= 0.6 is 0 Å². The number of carbonyl (C=O) groups excluding carboxylic acids is 3. The molecule has 214 valence electrons. The molecule has 3 aromatic carbocycles. The molecule has 1 heterocycles. The van der Waals surface area contributed by atoms with E-state index in [0.29, 0.717) is 29.7 Å². The number of anilines is 1. The lowest BCUT2D eigenvalue weighted by Crippen LogP contribution is -2.35. The number of ether oxygens (including phenoxy) is 1. The third-order valence-electron chi connectivity index (χ3n) is 6.04. The Labute approximate surface area is 242 Å². The van der Waals surface area contributed by atoms with Crippen LogP contribution in [0.5, 0.6) is 11.5 Å². The number of nitrogens with zero attached hydrogens (tertiary/aromatic N) is 1. The summed E-state index contributed by atoms with van der Waals surface area (Å²) in [5.41, 5.74) is 3.94. The number of hydrogen-bond acceptors (Lipinski definition) is 5. The van der Waals surface area contributed by atoms with Crippen LogP contribution in [0.15, 0.2) is 96.7 Å². The first-order valence-corrected chi connectivity index (χ1v) is 13.2. The molecule has 2 N–H and O–H groups in total. The SMILES string of the molecule is CC(C)=CC(=O)c1cccc(CCc2cc(Oc3ccc(NC(=O)NC(=O)Cc4ccc(F)cc4)cc3F)ccn2)c1. The van der Waals surface area contributed by atoms with Gasteiger partial charge in [-0.15, -0.1) is 0 Å². The van der Waals surface area contributed by atoms with Crippen LogP contribution in [0.25, 0.3) is 0 Å². The maximum atomic E-state index is 14.8. The molecule has 0 radical (unpaired) electrons. The van der Waals surface area contributed by atoms with Crippen molar-refractivity contribution >= 4 is 23.4 Å². The minimum absolute atomic E-state index is 0.0374. The van der Waals surface area contributed by atoms with Crippen molar-refractivity contribution in [1.29, 1.82) is 0 Å². The minimum atomic E-state index is -0.833. The lowest BCUT2D eigenvalue weighted by atomic mass is 10.0. The van der Waals surface area contributed by atoms with Gasteiger partial charge in [0.1, 0.15) is 11.6 Å². The molecule has 4 rings (SSSR count). The molecule has 4 aromatic rings. The first-order valence-electron chi connectivity index (χ1n) is 13.2. The summed E-state index contributed by atoms with van der Waals surface area (Å²) in [6, 6.07) is 19.2. The molecule has 1 aromatic heterocycles. The van der Waals surface area contributed by atoms with Crippen molar-refractivity contribution in [2.75, 3.05) is 5.32 Å². The largest absolute Gasteiger partial charge is 0.454 e. The van der Waals surface area contributed by atoms with Crippen LogP contribution in [0.3, 0.4) is 0 Å². The number of hydrogen-bond donors (Lipinski definition) is 2. The van der Waals surface area contributed by atoms with Crippen LogP contribution in [0.2, 0.25) is 0 Å². The predicted molar refractivity (Wildman–Crippen MR) is 156 cm³/mol. The van der Waals surface area contributed by atoms with E-state index in [4.69, 9.17) is 4.74 Å². The summed E-state index contributed by atoms with van der Waals surface area (Å²) in [7, 11) is 0. The Bertz CT molecular complexity index is 1630. The molecule has 0 atom stereocenters. The quantitative estimate of drug-likeness (QED) is 0.159. The van der Waals surface area contributed by atoms with Crippen LogP contribution < -0.4 is 15.4 Å². The highest BCUT2D eigenvalue weighted by Gasteiger charge is 2.12. The zero-order valence-electron chi connectivity index (χ0n) is 23.1. The Balaban J connectivity index is 1.31. The zero-order valence-corrected chi connectivity index (χ0v) is 23.1. The predicted octanol–water partition coefficient (Wildman–Crippen LogP) is 6.98. The molecule has 9 heteroatoms.